The van der Waals surface area contributed by atoms with E-state index >= 15 is 0 Å². The van der Waals surface area contributed by atoms with Crippen molar-refractivity contribution in [2.75, 3.05) is 61.1 Å². The zero-order valence-corrected chi connectivity index (χ0v) is 32.5. The van der Waals surface area contributed by atoms with E-state index in [9.17, 15) is 14.9 Å². The first kappa shape index (κ1) is 35.9. The number of nitrogens with one attached hydrogen (secondary N) is 2. The quantitative estimate of drug-likeness (QED) is 0.192. The number of amides is 2. The monoisotopic (exact) mass is 783 g/mol. The van der Waals surface area contributed by atoms with Crippen LogP contribution in [0.25, 0.3) is 27.5 Å². The number of piperidine rings is 2. The summed E-state index contributed by atoms with van der Waals surface area (Å²) in [5.41, 5.74) is 7.05. The maximum atomic E-state index is 12.4. The zero-order valence-electron chi connectivity index (χ0n) is 31.7. The lowest BCUT2D eigenvalue weighted by molar-refractivity contribution is -0.134. The Morgan fingerprint density at radius 1 is 0.930 bits per heavy atom. The van der Waals surface area contributed by atoms with E-state index < -0.39 is 0 Å². The van der Waals surface area contributed by atoms with E-state index in [4.69, 9.17) is 19.9 Å². The highest BCUT2D eigenvalue weighted by Crippen LogP contribution is 2.40. The smallest absolute Gasteiger partial charge is 0.234 e. The van der Waals surface area contributed by atoms with Crippen LogP contribution in [0.3, 0.4) is 0 Å². The Hall–Kier alpha value is -5.43. The molecule has 292 valence electrons. The summed E-state index contributed by atoms with van der Waals surface area (Å²) in [5, 5.41) is 31.3. The minimum Gasteiger partial charge on any atom is -0.379 e. The van der Waals surface area contributed by atoms with Gasteiger partial charge in [-0.1, -0.05) is 23.5 Å². The second-order valence-corrected chi connectivity index (χ2v) is 17.1. The Labute approximate surface area is 334 Å². The molecular formula is C42H45N11O3S. The molecule has 9 heterocycles. The van der Waals surface area contributed by atoms with Gasteiger partial charge in [0, 0.05) is 75.4 Å². The van der Waals surface area contributed by atoms with Crippen LogP contribution in [0, 0.1) is 17.2 Å². The van der Waals surface area contributed by atoms with Crippen molar-refractivity contribution in [2.45, 2.75) is 69.0 Å². The average Bonchev–Trinajstić information content (AvgIpc) is 4.06. The van der Waals surface area contributed by atoms with Gasteiger partial charge in [0.15, 0.2) is 5.01 Å². The van der Waals surface area contributed by atoms with E-state index in [1.165, 1.54) is 31.4 Å². The molecule has 0 radical (unpaired) electrons. The lowest BCUT2D eigenvalue weighted by atomic mass is 9.90. The molecule has 4 atom stereocenters. The second kappa shape index (κ2) is 15.1. The number of fused-ring (bicyclic) bond motifs is 3. The largest absolute Gasteiger partial charge is 0.379 e. The molecular weight excluding hydrogens is 739 g/mol. The molecule has 2 N–H and O–H groups in total. The first-order valence-electron chi connectivity index (χ1n) is 20.2. The van der Waals surface area contributed by atoms with Crippen LogP contribution >= 0.6 is 11.3 Å². The van der Waals surface area contributed by atoms with Crippen LogP contribution < -0.4 is 20.4 Å². The molecule has 15 heteroatoms. The molecule has 4 unspecified atom stereocenters. The standard InChI is InChI=1S/C42H45N11O3S/c43-19-27-17-31-7-9-38(53(31)45-20-27)37-18-36(46-29-13-16-56-25-29)35(21-44-37)41-48-49-42(57-41)51-23-32-5-6-33(24-51)52(32)22-26-11-14-50(15-12-26)30-3-1-28(2-4-30)34-8-10-39(54)47-40(34)55/h1-4,7,9,17-18,20-21,26,29,32-34H,5-6,8,10-16,22-25H2,(H,44,46)(H,47,54,55). The molecule has 57 heavy (non-hydrogen) atoms. The van der Waals surface area contributed by atoms with Crippen LogP contribution in [0.4, 0.5) is 16.5 Å². The number of hydrogen-bond donors (Lipinski definition) is 2. The third-order valence-corrected chi connectivity index (χ3v) is 13.6. The Morgan fingerprint density at radius 3 is 2.51 bits per heavy atom. The highest BCUT2D eigenvalue weighted by molar-refractivity contribution is 7.18. The highest BCUT2D eigenvalue weighted by Gasteiger charge is 2.42. The molecule has 5 aromatic rings. The van der Waals surface area contributed by atoms with Gasteiger partial charge in [0.1, 0.15) is 6.07 Å². The van der Waals surface area contributed by atoms with Crippen LogP contribution in [-0.2, 0) is 14.3 Å². The summed E-state index contributed by atoms with van der Waals surface area (Å²) in [6.45, 7) is 6.54. The summed E-state index contributed by atoms with van der Waals surface area (Å²) >= 11 is 1.64. The number of piperazine rings is 1. The predicted molar refractivity (Wildman–Crippen MR) is 217 cm³/mol. The van der Waals surface area contributed by atoms with Crippen molar-refractivity contribution in [1.29, 1.82) is 5.26 Å². The van der Waals surface area contributed by atoms with Crippen LogP contribution in [0.15, 0.2) is 60.9 Å². The van der Waals surface area contributed by atoms with Gasteiger partial charge in [-0.15, -0.1) is 10.2 Å². The average molecular weight is 784 g/mol. The number of aromatic nitrogens is 5. The van der Waals surface area contributed by atoms with Crippen molar-refractivity contribution in [1.82, 2.24) is 35.0 Å². The highest BCUT2D eigenvalue weighted by atomic mass is 32.1. The number of anilines is 3. The molecule has 5 aliphatic rings. The number of imide groups is 1. The molecule has 0 aliphatic carbocycles. The maximum absolute atomic E-state index is 12.4. The number of nitrogens with zero attached hydrogens (tertiary/aromatic N) is 9. The number of ether oxygens (including phenoxy) is 1. The number of carbonyl (C=O) groups excluding carboxylic acids is 2. The normalized spacial score (nSPS) is 24.3. The molecule has 5 aliphatic heterocycles. The van der Waals surface area contributed by atoms with Gasteiger partial charge >= 0.3 is 0 Å². The van der Waals surface area contributed by atoms with E-state index in [2.05, 4.69) is 66.8 Å². The van der Waals surface area contributed by atoms with E-state index in [0.717, 1.165) is 89.6 Å². The Kier molecular flexibility index (Phi) is 9.55. The Balaban J connectivity index is 0.786. The minimum absolute atomic E-state index is 0.175. The molecule has 0 saturated carbocycles. The SMILES string of the molecule is N#Cc1cnn2c(-c3cc(NC4CCOC4)c(-c4nnc(N5CC6CCC(C5)N6CC5CCN(c6ccc(C7CCC(=O)NC7=O)cc6)CC5)s4)cn3)ccc2c1. The molecule has 2 amide bonds. The van der Waals surface area contributed by atoms with E-state index in [1.807, 2.05) is 28.9 Å². The summed E-state index contributed by atoms with van der Waals surface area (Å²) in [6, 6.07) is 19.6. The Morgan fingerprint density at radius 2 is 1.75 bits per heavy atom. The fourth-order valence-electron chi connectivity index (χ4n) is 9.51. The topological polar surface area (TPSA) is 157 Å². The van der Waals surface area contributed by atoms with Crippen LogP contribution in [0.5, 0.6) is 0 Å². The van der Waals surface area contributed by atoms with E-state index in [0.29, 0.717) is 43.0 Å². The number of nitriles is 1. The number of pyridine rings is 1. The zero-order chi connectivity index (χ0) is 38.5. The van der Waals surface area contributed by atoms with E-state index in [1.54, 1.807) is 17.5 Å². The van der Waals surface area contributed by atoms with Crippen LogP contribution in [-0.4, -0.2) is 106 Å². The number of benzene rings is 1. The molecule has 14 nitrogen and oxygen atoms in total. The van der Waals surface area contributed by atoms with Crippen molar-refractivity contribution in [3.8, 4) is 28.0 Å². The molecule has 1 aromatic carbocycles. The third-order valence-electron chi connectivity index (χ3n) is 12.6. The van der Waals surface area contributed by atoms with Gasteiger partial charge in [-0.25, -0.2) is 4.52 Å². The fourth-order valence-corrected chi connectivity index (χ4v) is 10.4. The lowest BCUT2D eigenvalue weighted by Gasteiger charge is -2.43. The number of rotatable bonds is 9. The summed E-state index contributed by atoms with van der Waals surface area (Å²) < 4.78 is 7.52. The third kappa shape index (κ3) is 7.11. The van der Waals surface area contributed by atoms with Crippen LogP contribution in [0.1, 0.15) is 62.0 Å². The molecule has 2 bridgehead atoms. The minimum atomic E-state index is -0.243. The second-order valence-electron chi connectivity index (χ2n) is 16.1. The van der Waals surface area contributed by atoms with Crippen molar-refractivity contribution in [3.63, 3.8) is 0 Å². The molecule has 4 aromatic heterocycles. The van der Waals surface area contributed by atoms with Crippen molar-refractivity contribution in [3.05, 3.63) is 72.1 Å². The van der Waals surface area contributed by atoms with Gasteiger partial charge in [-0.05, 0) is 86.4 Å². The predicted octanol–water partition coefficient (Wildman–Crippen LogP) is 5.08. The van der Waals surface area contributed by atoms with Crippen LogP contribution in [0.2, 0.25) is 0 Å². The molecule has 5 saturated heterocycles. The molecule has 5 fully saturated rings. The van der Waals surface area contributed by atoms with Gasteiger partial charge in [0.2, 0.25) is 16.9 Å². The van der Waals surface area contributed by atoms with Crippen molar-refractivity contribution in [2.24, 2.45) is 5.92 Å². The number of hydrogen-bond acceptors (Lipinski definition) is 13. The van der Waals surface area contributed by atoms with Gasteiger partial charge in [-0.2, -0.15) is 10.4 Å². The molecule has 0 spiro atoms. The van der Waals surface area contributed by atoms with Crippen molar-refractivity contribution < 1.29 is 14.3 Å². The van der Waals surface area contributed by atoms with Gasteiger partial charge < -0.3 is 19.9 Å². The fraction of sp³-hybridized carbons (Fsp3) is 0.452. The van der Waals surface area contributed by atoms with Crippen molar-refractivity contribution >= 4 is 45.2 Å². The molecule has 10 rings (SSSR count). The first-order valence-corrected chi connectivity index (χ1v) is 21.0. The summed E-state index contributed by atoms with van der Waals surface area (Å²) in [5.74, 6) is 0.0743. The van der Waals surface area contributed by atoms with Gasteiger partial charge in [-0.3, -0.25) is 24.8 Å². The van der Waals surface area contributed by atoms with E-state index in [-0.39, 0.29) is 23.8 Å². The summed E-state index contributed by atoms with van der Waals surface area (Å²) in [4.78, 5) is 36.6. The lowest BCUT2D eigenvalue weighted by Crippen LogP contribution is -2.55. The summed E-state index contributed by atoms with van der Waals surface area (Å²) in [6.07, 6.45) is 10.2. The first-order chi connectivity index (χ1) is 28.0. The number of carbonyl (C=O) groups is 2. The van der Waals surface area contributed by atoms with Gasteiger partial charge in [0.05, 0.1) is 52.8 Å². The maximum Gasteiger partial charge on any atom is 0.234 e. The Bertz CT molecular complexity index is 2330. The summed E-state index contributed by atoms with van der Waals surface area (Å²) in [7, 11) is 0. The van der Waals surface area contributed by atoms with Gasteiger partial charge in [0.25, 0.3) is 0 Å².